The molecule has 0 aliphatic heterocycles. The van der Waals surface area contributed by atoms with E-state index in [4.69, 9.17) is 4.74 Å². The van der Waals surface area contributed by atoms with Crippen molar-refractivity contribution in [3.63, 3.8) is 0 Å². The van der Waals surface area contributed by atoms with Crippen LogP contribution >= 0.6 is 0 Å². The molecule has 1 aliphatic rings. The second-order valence-electron chi connectivity index (χ2n) is 8.04. The number of ether oxygens (including phenoxy) is 1. The average molecular weight is 409 g/mol. The maximum atomic E-state index is 12.7. The normalized spacial score (nSPS) is 15.3. The number of allylic oxidation sites excluding steroid dienone is 4. The van der Waals surface area contributed by atoms with Crippen molar-refractivity contribution in [3.8, 4) is 5.75 Å². The SMILES string of the molecule is COc1ccc(CC(=O)CCC2=CC=C(c3ccccc3)C2Cc2ccccc2)cc1. The molecule has 1 aliphatic carbocycles. The van der Waals surface area contributed by atoms with Crippen molar-refractivity contribution in [2.24, 2.45) is 5.92 Å². The van der Waals surface area contributed by atoms with Crippen molar-refractivity contribution in [3.05, 3.63) is 119 Å². The Balaban J connectivity index is 1.43. The van der Waals surface area contributed by atoms with E-state index >= 15 is 0 Å². The van der Waals surface area contributed by atoms with Crippen LogP contribution in [0.2, 0.25) is 0 Å². The van der Waals surface area contributed by atoms with Gasteiger partial charge in [0.15, 0.2) is 0 Å². The molecule has 2 heteroatoms. The van der Waals surface area contributed by atoms with E-state index in [0.29, 0.717) is 18.8 Å². The second-order valence-corrected chi connectivity index (χ2v) is 8.04. The van der Waals surface area contributed by atoms with Gasteiger partial charge in [0.25, 0.3) is 0 Å². The van der Waals surface area contributed by atoms with E-state index < -0.39 is 0 Å². The Hall–Kier alpha value is -3.39. The lowest BCUT2D eigenvalue weighted by Crippen LogP contribution is -2.10. The second kappa shape index (κ2) is 10.1. The van der Waals surface area contributed by atoms with E-state index in [1.54, 1.807) is 7.11 Å². The van der Waals surface area contributed by atoms with Crippen molar-refractivity contribution in [2.75, 3.05) is 7.11 Å². The molecule has 156 valence electrons. The molecule has 0 bridgehead atoms. The summed E-state index contributed by atoms with van der Waals surface area (Å²) in [5.41, 5.74) is 6.33. The number of carbonyl (C=O) groups excluding carboxylic acids is 1. The third-order valence-electron chi connectivity index (χ3n) is 5.94. The monoisotopic (exact) mass is 408 g/mol. The third-order valence-corrected chi connectivity index (χ3v) is 5.94. The van der Waals surface area contributed by atoms with Gasteiger partial charge in [0.1, 0.15) is 11.5 Å². The largest absolute Gasteiger partial charge is 0.497 e. The van der Waals surface area contributed by atoms with Crippen LogP contribution in [-0.4, -0.2) is 12.9 Å². The first kappa shape index (κ1) is 20.9. The molecule has 1 atom stereocenters. The zero-order valence-electron chi connectivity index (χ0n) is 18.0. The van der Waals surface area contributed by atoms with Gasteiger partial charge >= 0.3 is 0 Å². The quantitative estimate of drug-likeness (QED) is 0.406. The van der Waals surface area contributed by atoms with Crippen LogP contribution in [0.15, 0.2) is 103 Å². The minimum atomic E-state index is 0.276. The molecule has 0 heterocycles. The van der Waals surface area contributed by atoms with Crippen molar-refractivity contribution >= 4 is 11.4 Å². The summed E-state index contributed by atoms with van der Waals surface area (Å²) in [6.45, 7) is 0. The number of Topliss-reactive ketones (excluding diaryl/α,β-unsaturated/α-hetero) is 1. The summed E-state index contributed by atoms with van der Waals surface area (Å²) in [5.74, 6) is 1.41. The number of methoxy groups -OCH3 is 1. The molecule has 3 aromatic rings. The number of rotatable bonds is 9. The zero-order chi connectivity index (χ0) is 21.5. The van der Waals surface area contributed by atoms with Gasteiger partial charge in [0.05, 0.1) is 7.11 Å². The Labute approximate surface area is 184 Å². The van der Waals surface area contributed by atoms with Crippen LogP contribution in [0, 0.1) is 5.92 Å². The standard InChI is InChI=1S/C29H28O2/c1-31-27-17-12-23(13-18-27)20-26(30)16-14-25-15-19-28(24-10-6-3-7-11-24)29(25)21-22-8-4-2-5-9-22/h2-13,15,17-19,29H,14,16,20-21H2,1H3. The summed E-state index contributed by atoms with van der Waals surface area (Å²) in [5, 5.41) is 0. The van der Waals surface area contributed by atoms with Crippen molar-refractivity contribution in [1.82, 2.24) is 0 Å². The summed E-state index contributed by atoms with van der Waals surface area (Å²) in [6.07, 6.45) is 7.28. The molecule has 0 fully saturated rings. The molecule has 0 aromatic heterocycles. The summed E-state index contributed by atoms with van der Waals surface area (Å²) >= 11 is 0. The summed E-state index contributed by atoms with van der Waals surface area (Å²) in [6, 6.07) is 29.0. The fourth-order valence-corrected chi connectivity index (χ4v) is 4.25. The van der Waals surface area contributed by atoms with Crippen LogP contribution in [0.3, 0.4) is 0 Å². The molecule has 2 nitrogen and oxygen atoms in total. The molecule has 0 saturated carbocycles. The van der Waals surface area contributed by atoms with E-state index in [2.05, 4.69) is 72.8 Å². The summed E-state index contributed by atoms with van der Waals surface area (Å²) in [7, 11) is 1.65. The summed E-state index contributed by atoms with van der Waals surface area (Å²) in [4.78, 5) is 12.7. The van der Waals surface area contributed by atoms with E-state index in [1.807, 2.05) is 24.3 Å². The fourth-order valence-electron chi connectivity index (χ4n) is 4.25. The van der Waals surface area contributed by atoms with Crippen LogP contribution in [0.4, 0.5) is 0 Å². The molecule has 0 amide bonds. The number of hydrogen-bond donors (Lipinski definition) is 0. The topological polar surface area (TPSA) is 26.3 Å². The van der Waals surface area contributed by atoms with Gasteiger partial charge in [-0.2, -0.15) is 0 Å². The molecular formula is C29H28O2. The molecule has 0 radical (unpaired) electrons. The maximum Gasteiger partial charge on any atom is 0.137 e. The number of benzene rings is 3. The van der Waals surface area contributed by atoms with Crippen LogP contribution in [0.5, 0.6) is 5.75 Å². The lowest BCUT2D eigenvalue weighted by Gasteiger charge is -2.20. The Bertz CT molecular complexity index is 1060. The Kier molecular flexibility index (Phi) is 6.78. The fraction of sp³-hybridized carbons (Fsp3) is 0.207. The molecule has 0 saturated heterocycles. The highest BCUT2D eigenvalue weighted by molar-refractivity contribution is 5.82. The number of carbonyl (C=O) groups is 1. The van der Waals surface area contributed by atoms with E-state index in [9.17, 15) is 4.79 Å². The van der Waals surface area contributed by atoms with Gasteiger partial charge in [0, 0.05) is 18.8 Å². The van der Waals surface area contributed by atoms with E-state index in [-0.39, 0.29) is 5.78 Å². The minimum Gasteiger partial charge on any atom is -0.497 e. The van der Waals surface area contributed by atoms with Crippen molar-refractivity contribution < 1.29 is 9.53 Å². The highest BCUT2D eigenvalue weighted by Gasteiger charge is 2.24. The molecule has 4 rings (SSSR count). The minimum absolute atomic E-state index is 0.276. The lowest BCUT2D eigenvalue weighted by atomic mass is 9.83. The van der Waals surface area contributed by atoms with E-state index in [1.165, 1.54) is 22.3 Å². The Morgan fingerprint density at radius 3 is 2.16 bits per heavy atom. The van der Waals surface area contributed by atoms with Gasteiger partial charge in [-0.15, -0.1) is 0 Å². The molecule has 0 spiro atoms. The van der Waals surface area contributed by atoms with Gasteiger partial charge in [0.2, 0.25) is 0 Å². The first-order valence-corrected chi connectivity index (χ1v) is 10.9. The lowest BCUT2D eigenvalue weighted by molar-refractivity contribution is -0.118. The van der Waals surface area contributed by atoms with Crippen LogP contribution < -0.4 is 4.74 Å². The number of hydrogen-bond acceptors (Lipinski definition) is 2. The smallest absolute Gasteiger partial charge is 0.137 e. The maximum absolute atomic E-state index is 12.7. The van der Waals surface area contributed by atoms with Gasteiger partial charge in [-0.1, -0.05) is 90.5 Å². The highest BCUT2D eigenvalue weighted by Crippen LogP contribution is 2.38. The average Bonchev–Trinajstić information content (AvgIpc) is 3.22. The predicted octanol–water partition coefficient (Wildman–Crippen LogP) is 6.47. The Morgan fingerprint density at radius 2 is 1.48 bits per heavy atom. The highest BCUT2D eigenvalue weighted by atomic mass is 16.5. The predicted molar refractivity (Wildman–Crippen MR) is 127 cm³/mol. The van der Waals surface area contributed by atoms with E-state index in [0.717, 1.165) is 24.2 Å². The molecular weight excluding hydrogens is 380 g/mol. The van der Waals surface area contributed by atoms with Crippen LogP contribution in [0.25, 0.3) is 5.57 Å². The Morgan fingerprint density at radius 1 is 0.806 bits per heavy atom. The zero-order valence-corrected chi connectivity index (χ0v) is 18.0. The van der Waals surface area contributed by atoms with Crippen molar-refractivity contribution in [2.45, 2.75) is 25.7 Å². The van der Waals surface area contributed by atoms with Gasteiger partial charge in [-0.3, -0.25) is 4.79 Å². The van der Waals surface area contributed by atoms with Crippen LogP contribution in [0.1, 0.15) is 29.5 Å². The van der Waals surface area contributed by atoms with Crippen molar-refractivity contribution in [1.29, 1.82) is 0 Å². The molecule has 31 heavy (non-hydrogen) atoms. The van der Waals surface area contributed by atoms with Gasteiger partial charge in [-0.05, 0) is 47.2 Å². The summed E-state index contributed by atoms with van der Waals surface area (Å²) < 4.78 is 5.20. The van der Waals surface area contributed by atoms with Gasteiger partial charge < -0.3 is 4.74 Å². The molecule has 3 aromatic carbocycles. The van der Waals surface area contributed by atoms with Crippen LogP contribution in [-0.2, 0) is 17.6 Å². The van der Waals surface area contributed by atoms with Gasteiger partial charge in [-0.25, -0.2) is 0 Å². The molecule has 1 unspecified atom stereocenters. The first-order valence-electron chi connectivity index (χ1n) is 10.9. The number of ketones is 1. The molecule has 0 N–H and O–H groups in total. The first-order chi connectivity index (χ1) is 15.2. The third kappa shape index (κ3) is 5.40.